The second-order valence-electron chi connectivity index (χ2n) is 7.70. The monoisotopic (exact) mass is 402 g/mol. The first-order chi connectivity index (χ1) is 14.0. The fourth-order valence-corrected chi connectivity index (χ4v) is 4.11. The van der Waals surface area contributed by atoms with Crippen molar-refractivity contribution in [3.8, 4) is 0 Å². The van der Waals surface area contributed by atoms with E-state index < -0.39 is 5.97 Å². The molecular weight excluding hydrogens is 376 g/mol. The first kappa shape index (κ1) is 19.6. The van der Waals surface area contributed by atoms with Gasteiger partial charge >= 0.3 is 5.97 Å². The van der Waals surface area contributed by atoms with Crippen molar-refractivity contribution in [3.63, 3.8) is 0 Å². The predicted octanol–water partition coefficient (Wildman–Crippen LogP) is 1.68. The second kappa shape index (κ2) is 7.98. The maximum Gasteiger partial charge on any atom is 0.376 e. The molecule has 1 fully saturated rings. The number of hydrogen-bond acceptors (Lipinski definition) is 7. The van der Waals surface area contributed by atoms with Crippen molar-refractivity contribution < 1.29 is 23.5 Å². The number of hydrogen-bond donors (Lipinski definition) is 1. The molecule has 1 N–H and O–H groups in total. The molecule has 156 valence electrons. The second-order valence-corrected chi connectivity index (χ2v) is 7.70. The van der Waals surface area contributed by atoms with Crippen LogP contribution in [0.5, 0.6) is 0 Å². The molecule has 2 aromatic rings. The Labute approximate surface area is 168 Å². The maximum atomic E-state index is 12.8. The van der Waals surface area contributed by atoms with E-state index in [9.17, 15) is 9.59 Å². The zero-order valence-corrected chi connectivity index (χ0v) is 16.8. The lowest BCUT2D eigenvalue weighted by molar-refractivity contribution is 0.0150. The Balaban J connectivity index is 1.53. The lowest BCUT2D eigenvalue weighted by atomic mass is 9.76. The average Bonchev–Trinajstić information content (AvgIpc) is 3.27. The fourth-order valence-electron chi connectivity index (χ4n) is 4.11. The highest BCUT2D eigenvalue weighted by atomic mass is 16.5. The van der Waals surface area contributed by atoms with Crippen LogP contribution in [-0.2, 0) is 28.9 Å². The Hall–Kier alpha value is -2.68. The maximum absolute atomic E-state index is 12.8. The molecule has 1 saturated heterocycles. The number of fused-ring (bicyclic) bond motifs is 1. The summed E-state index contributed by atoms with van der Waals surface area (Å²) >= 11 is 0. The molecule has 0 bridgehead atoms. The summed E-state index contributed by atoms with van der Waals surface area (Å²) in [7, 11) is 0. The Morgan fingerprint density at radius 1 is 1.38 bits per heavy atom. The van der Waals surface area contributed by atoms with Gasteiger partial charge in [0.05, 0.1) is 29.7 Å². The van der Waals surface area contributed by atoms with Crippen LogP contribution in [0.2, 0.25) is 0 Å². The Bertz CT molecular complexity index is 910. The van der Waals surface area contributed by atoms with Gasteiger partial charge in [-0.1, -0.05) is 6.92 Å². The standard InChI is InChI=1S/C20H26N4O5/c1-3-14-17-15(10-20(12-22-18(17)25)4-7-27-8-5-20)24(23-14)6-9-28-19(26)16-11-21-13(2)29-16/h11H,3-10,12H2,1-2H3,(H,22,25). The van der Waals surface area contributed by atoms with Crippen molar-refractivity contribution in [3.05, 3.63) is 34.8 Å². The molecular formula is C20H26N4O5. The summed E-state index contributed by atoms with van der Waals surface area (Å²) in [5.41, 5.74) is 2.35. The molecule has 0 aliphatic carbocycles. The molecule has 0 aromatic carbocycles. The molecule has 2 aromatic heterocycles. The van der Waals surface area contributed by atoms with Crippen molar-refractivity contribution in [2.24, 2.45) is 5.41 Å². The molecule has 1 amide bonds. The third-order valence-corrected chi connectivity index (χ3v) is 5.77. The highest BCUT2D eigenvalue weighted by Crippen LogP contribution is 2.37. The Morgan fingerprint density at radius 2 is 2.17 bits per heavy atom. The third kappa shape index (κ3) is 3.91. The summed E-state index contributed by atoms with van der Waals surface area (Å²) in [5, 5.41) is 7.75. The predicted molar refractivity (Wildman–Crippen MR) is 102 cm³/mol. The molecule has 0 atom stereocenters. The number of esters is 1. The van der Waals surface area contributed by atoms with Crippen LogP contribution in [-0.4, -0.2) is 53.0 Å². The minimum Gasteiger partial charge on any atom is -0.458 e. The topological polar surface area (TPSA) is 108 Å². The van der Waals surface area contributed by atoms with E-state index in [1.54, 1.807) is 6.92 Å². The Kier molecular flexibility index (Phi) is 5.40. The molecule has 9 heteroatoms. The molecule has 0 saturated carbocycles. The van der Waals surface area contributed by atoms with E-state index in [-0.39, 0.29) is 23.7 Å². The van der Waals surface area contributed by atoms with E-state index in [2.05, 4.69) is 15.4 Å². The summed E-state index contributed by atoms with van der Waals surface area (Å²) in [6, 6.07) is 0. The fraction of sp³-hybridized carbons (Fsp3) is 0.600. The van der Waals surface area contributed by atoms with Crippen LogP contribution in [0.25, 0.3) is 0 Å². The Morgan fingerprint density at radius 3 is 2.86 bits per heavy atom. The number of carbonyl (C=O) groups is 2. The first-order valence-electron chi connectivity index (χ1n) is 10.1. The van der Waals surface area contributed by atoms with Gasteiger partial charge in [0, 0.05) is 26.7 Å². The highest BCUT2D eigenvalue weighted by molar-refractivity contribution is 5.97. The number of aryl methyl sites for hydroxylation is 2. The number of aromatic nitrogens is 3. The van der Waals surface area contributed by atoms with Crippen LogP contribution in [0.15, 0.2) is 10.6 Å². The van der Waals surface area contributed by atoms with E-state index in [0.29, 0.717) is 44.2 Å². The molecule has 2 aliphatic heterocycles. The molecule has 0 radical (unpaired) electrons. The van der Waals surface area contributed by atoms with Gasteiger partial charge in [0.2, 0.25) is 5.76 Å². The summed E-state index contributed by atoms with van der Waals surface area (Å²) in [4.78, 5) is 28.8. The van der Waals surface area contributed by atoms with Crippen molar-refractivity contribution in [1.82, 2.24) is 20.1 Å². The van der Waals surface area contributed by atoms with Crippen molar-refractivity contribution >= 4 is 11.9 Å². The number of oxazole rings is 1. The van der Waals surface area contributed by atoms with Gasteiger partial charge in [-0.05, 0) is 31.1 Å². The molecule has 9 nitrogen and oxygen atoms in total. The van der Waals surface area contributed by atoms with Gasteiger partial charge in [-0.15, -0.1) is 0 Å². The number of amides is 1. The molecule has 0 unspecified atom stereocenters. The summed E-state index contributed by atoms with van der Waals surface area (Å²) in [6.07, 6.45) is 4.58. The van der Waals surface area contributed by atoms with Gasteiger partial charge in [-0.3, -0.25) is 9.48 Å². The molecule has 4 rings (SSSR count). The van der Waals surface area contributed by atoms with Crippen LogP contribution >= 0.6 is 0 Å². The van der Waals surface area contributed by atoms with E-state index in [0.717, 1.165) is 30.7 Å². The largest absolute Gasteiger partial charge is 0.458 e. The van der Waals surface area contributed by atoms with E-state index in [1.807, 2.05) is 11.6 Å². The van der Waals surface area contributed by atoms with Crippen LogP contribution in [0.4, 0.5) is 0 Å². The van der Waals surface area contributed by atoms with Gasteiger partial charge in [0.25, 0.3) is 5.91 Å². The van der Waals surface area contributed by atoms with Crippen LogP contribution in [0.3, 0.4) is 0 Å². The quantitative estimate of drug-likeness (QED) is 0.758. The normalized spacial score (nSPS) is 18.2. The number of carbonyl (C=O) groups excluding carboxylic acids is 2. The highest BCUT2D eigenvalue weighted by Gasteiger charge is 2.39. The van der Waals surface area contributed by atoms with Crippen molar-refractivity contribution in [2.75, 3.05) is 26.4 Å². The van der Waals surface area contributed by atoms with Gasteiger partial charge < -0.3 is 19.2 Å². The van der Waals surface area contributed by atoms with Gasteiger partial charge in [0.15, 0.2) is 5.89 Å². The lowest BCUT2D eigenvalue weighted by Gasteiger charge is -2.36. The molecule has 2 aliphatic rings. The van der Waals surface area contributed by atoms with Crippen LogP contribution in [0, 0.1) is 12.3 Å². The van der Waals surface area contributed by atoms with Crippen LogP contribution < -0.4 is 5.32 Å². The van der Waals surface area contributed by atoms with E-state index in [4.69, 9.17) is 13.9 Å². The number of ether oxygens (including phenoxy) is 2. The van der Waals surface area contributed by atoms with E-state index >= 15 is 0 Å². The third-order valence-electron chi connectivity index (χ3n) is 5.77. The van der Waals surface area contributed by atoms with Crippen molar-refractivity contribution in [2.45, 2.75) is 46.1 Å². The smallest absolute Gasteiger partial charge is 0.376 e. The SMILES string of the molecule is CCc1nn(CCOC(=O)c2cnc(C)o2)c2c1C(=O)NCC1(CCOCC1)C2. The minimum absolute atomic E-state index is 0.0179. The number of nitrogens with one attached hydrogen (secondary N) is 1. The van der Waals surface area contributed by atoms with Gasteiger partial charge in [0.1, 0.15) is 6.61 Å². The summed E-state index contributed by atoms with van der Waals surface area (Å²) in [6.45, 7) is 6.21. The van der Waals surface area contributed by atoms with Gasteiger partial charge in [-0.2, -0.15) is 5.10 Å². The van der Waals surface area contributed by atoms with Crippen molar-refractivity contribution in [1.29, 1.82) is 0 Å². The molecule has 29 heavy (non-hydrogen) atoms. The summed E-state index contributed by atoms with van der Waals surface area (Å²) in [5.74, 6) is -0.134. The van der Waals surface area contributed by atoms with Gasteiger partial charge in [-0.25, -0.2) is 9.78 Å². The molecule has 1 spiro atoms. The average molecular weight is 402 g/mol. The zero-order valence-electron chi connectivity index (χ0n) is 16.8. The van der Waals surface area contributed by atoms with Crippen LogP contribution in [0.1, 0.15) is 58.0 Å². The first-order valence-corrected chi connectivity index (χ1v) is 10.1. The number of rotatable bonds is 5. The summed E-state index contributed by atoms with van der Waals surface area (Å²) < 4.78 is 17.9. The molecule has 4 heterocycles. The lowest BCUT2D eigenvalue weighted by Crippen LogP contribution is -2.40. The van der Waals surface area contributed by atoms with E-state index in [1.165, 1.54) is 6.20 Å². The zero-order chi connectivity index (χ0) is 20.4. The minimum atomic E-state index is -0.557. The number of nitrogens with zero attached hydrogens (tertiary/aromatic N) is 3.